The number of rotatable bonds is 0. The largest absolute Gasteiger partial charge is 0.339 e. The van der Waals surface area contributed by atoms with Gasteiger partial charge in [-0.2, -0.15) is 0 Å². The van der Waals surface area contributed by atoms with Gasteiger partial charge in [-0.1, -0.05) is 11.6 Å². The average Bonchev–Trinajstić information content (AvgIpc) is 2.29. The summed E-state index contributed by atoms with van der Waals surface area (Å²) in [6, 6.07) is 7.80. The Labute approximate surface area is 104 Å². The van der Waals surface area contributed by atoms with E-state index >= 15 is 0 Å². The molecule has 0 spiro atoms. The molecule has 18 heavy (non-hydrogen) atoms. The van der Waals surface area contributed by atoms with Crippen LogP contribution in [0.3, 0.4) is 0 Å². The topological polar surface area (TPSA) is 45.8 Å². The minimum atomic E-state index is 0.0625. The number of pyridine rings is 2. The molecule has 1 N–H and O–H groups in total. The molecule has 90 valence electrons. The number of hydrogen-bond acceptors (Lipinski definition) is 2. The molecule has 2 aromatic heterocycles. The summed E-state index contributed by atoms with van der Waals surface area (Å²) >= 11 is 0. The lowest BCUT2D eigenvalue weighted by Gasteiger charge is -2.06. The average molecular weight is 238 g/mol. The Morgan fingerprint density at radius 3 is 2.67 bits per heavy atom. The second-order valence-corrected chi connectivity index (χ2v) is 4.81. The van der Waals surface area contributed by atoms with Crippen molar-refractivity contribution in [2.45, 2.75) is 20.8 Å². The van der Waals surface area contributed by atoms with Crippen molar-refractivity contribution < 1.29 is 0 Å². The number of nitrogens with zero attached hydrogens (tertiary/aromatic N) is 1. The monoisotopic (exact) mass is 238 g/mol. The molecule has 0 aliphatic heterocycles. The molecule has 0 unspecified atom stereocenters. The van der Waals surface area contributed by atoms with Crippen LogP contribution in [0.1, 0.15) is 16.8 Å². The van der Waals surface area contributed by atoms with Crippen molar-refractivity contribution >= 4 is 21.9 Å². The highest BCUT2D eigenvalue weighted by Gasteiger charge is 2.09. The van der Waals surface area contributed by atoms with Crippen molar-refractivity contribution in [2.75, 3.05) is 0 Å². The molecule has 0 saturated carbocycles. The lowest BCUT2D eigenvalue weighted by molar-refractivity contribution is 1.20. The van der Waals surface area contributed by atoms with Crippen LogP contribution in [-0.4, -0.2) is 9.97 Å². The van der Waals surface area contributed by atoms with E-state index in [2.05, 4.69) is 9.97 Å². The van der Waals surface area contributed by atoms with Gasteiger partial charge in [0.1, 0.15) is 5.65 Å². The number of aromatic amines is 1. The molecule has 0 aliphatic carbocycles. The normalized spacial score (nSPS) is 11.3. The highest BCUT2D eigenvalue weighted by molar-refractivity contribution is 5.92. The molecule has 0 amide bonds. The third-order valence-electron chi connectivity index (χ3n) is 3.24. The van der Waals surface area contributed by atoms with Gasteiger partial charge in [-0.15, -0.1) is 0 Å². The maximum absolute atomic E-state index is 12.5. The molecule has 1 aromatic carbocycles. The van der Waals surface area contributed by atoms with E-state index in [1.165, 1.54) is 0 Å². The van der Waals surface area contributed by atoms with Crippen LogP contribution in [0, 0.1) is 20.8 Å². The van der Waals surface area contributed by atoms with Gasteiger partial charge in [0.05, 0.1) is 10.9 Å². The zero-order chi connectivity index (χ0) is 12.9. The van der Waals surface area contributed by atoms with Crippen LogP contribution in [0.25, 0.3) is 21.9 Å². The van der Waals surface area contributed by atoms with E-state index in [0.717, 1.165) is 27.7 Å². The summed E-state index contributed by atoms with van der Waals surface area (Å²) in [5, 5.41) is 1.43. The third kappa shape index (κ3) is 1.51. The summed E-state index contributed by atoms with van der Waals surface area (Å²) in [6.45, 7) is 5.88. The Morgan fingerprint density at radius 1 is 1.11 bits per heavy atom. The van der Waals surface area contributed by atoms with Gasteiger partial charge >= 0.3 is 0 Å². The smallest absolute Gasteiger partial charge is 0.199 e. The number of nitrogens with one attached hydrogen (secondary N) is 1. The predicted octanol–water partition coefficient (Wildman–Crippen LogP) is 3.00. The van der Waals surface area contributed by atoms with E-state index in [1.807, 2.05) is 45.0 Å². The SMILES string of the molecule is Cc1ccc2[nH]c3nc(C)cc(C)c3c(=O)c2c1. The van der Waals surface area contributed by atoms with Crippen molar-refractivity contribution in [3.05, 3.63) is 51.3 Å². The number of aromatic nitrogens is 2. The maximum Gasteiger partial charge on any atom is 0.199 e. The molecule has 2 heterocycles. The van der Waals surface area contributed by atoms with Gasteiger partial charge in [-0.05, 0) is 44.5 Å². The minimum absolute atomic E-state index is 0.0625. The fourth-order valence-electron chi connectivity index (χ4n) is 2.43. The number of fused-ring (bicyclic) bond motifs is 2. The number of H-pyrrole nitrogens is 1. The molecule has 0 saturated heterocycles. The Morgan fingerprint density at radius 2 is 1.89 bits per heavy atom. The van der Waals surface area contributed by atoms with E-state index in [9.17, 15) is 4.79 Å². The van der Waals surface area contributed by atoms with Crippen LogP contribution < -0.4 is 5.43 Å². The Kier molecular flexibility index (Phi) is 2.23. The third-order valence-corrected chi connectivity index (χ3v) is 3.24. The van der Waals surface area contributed by atoms with Gasteiger partial charge in [0.2, 0.25) is 0 Å². The zero-order valence-corrected chi connectivity index (χ0v) is 10.7. The zero-order valence-electron chi connectivity index (χ0n) is 10.7. The number of hydrogen-bond donors (Lipinski definition) is 1. The second kappa shape index (κ2) is 3.67. The Bertz CT molecular complexity index is 831. The molecular formula is C15H14N2O. The molecule has 0 atom stereocenters. The van der Waals surface area contributed by atoms with E-state index in [1.54, 1.807) is 0 Å². The van der Waals surface area contributed by atoms with Gasteiger partial charge in [0.25, 0.3) is 0 Å². The van der Waals surface area contributed by atoms with E-state index < -0.39 is 0 Å². The fraction of sp³-hybridized carbons (Fsp3) is 0.200. The summed E-state index contributed by atoms with van der Waals surface area (Å²) in [7, 11) is 0. The van der Waals surface area contributed by atoms with Gasteiger partial charge in [-0.3, -0.25) is 4.79 Å². The molecule has 0 fully saturated rings. The van der Waals surface area contributed by atoms with Gasteiger partial charge in [0.15, 0.2) is 5.43 Å². The summed E-state index contributed by atoms with van der Waals surface area (Å²) in [5.74, 6) is 0. The van der Waals surface area contributed by atoms with Crippen LogP contribution in [0.5, 0.6) is 0 Å². The number of aryl methyl sites for hydroxylation is 3. The number of benzene rings is 1. The first-order valence-corrected chi connectivity index (χ1v) is 5.97. The Hall–Kier alpha value is -2.16. The van der Waals surface area contributed by atoms with Crippen molar-refractivity contribution in [2.24, 2.45) is 0 Å². The van der Waals surface area contributed by atoms with Crippen molar-refractivity contribution in [3.63, 3.8) is 0 Å². The van der Waals surface area contributed by atoms with Gasteiger partial charge < -0.3 is 4.98 Å². The van der Waals surface area contributed by atoms with Crippen LogP contribution >= 0.6 is 0 Å². The van der Waals surface area contributed by atoms with Crippen LogP contribution in [0.2, 0.25) is 0 Å². The first-order chi connectivity index (χ1) is 8.56. The molecule has 0 aliphatic rings. The van der Waals surface area contributed by atoms with Crippen molar-refractivity contribution in [1.82, 2.24) is 9.97 Å². The summed E-state index contributed by atoms with van der Waals surface area (Å²) in [5.41, 5.74) is 4.56. The Balaban J connectivity index is 2.61. The summed E-state index contributed by atoms with van der Waals surface area (Å²) in [6.07, 6.45) is 0. The van der Waals surface area contributed by atoms with Gasteiger partial charge in [0, 0.05) is 11.1 Å². The maximum atomic E-state index is 12.5. The van der Waals surface area contributed by atoms with Gasteiger partial charge in [-0.25, -0.2) is 4.98 Å². The lowest BCUT2D eigenvalue weighted by Crippen LogP contribution is -2.07. The van der Waals surface area contributed by atoms with Crippen LogP contribution in [0.15, 0.2) is 29.1 Å². The highest BCUT2D eigenvalue weighted by atomic mass is 16.1. The molecule has 0 bridgehead atoms. The molecule has 3 aromatic rings. The molecular weight excluding hydrogens is 224 g/mol. The summed E-state index contributed by atoms with van der Waals surface area (Å²) < 4.78 is 0. The fourth-order valence-corrected chi connectivity index (χ4v) is 2.43. The quantitative estimate of drug-likeness (QED) is 0.612. The molecule has 3 rings (SSSR count). The van der Waals surface area contributed by atoms with Crippen LogP contribution in [0.4, 0.5) is 0 Å². The molecule has 3 nitrogen and oxygen atoms in total. The van der Waals surface area contributed by atoms with E-state index in [-0.39, 0.29) is 5.43 Å². The standard InChI is InChI=1S/C15H14N2O/c1-8-4-5-12-11(6-8)14(18)13-9(2)7-10(3)16-15(13)17-12/h4-7H,1-3H3,(H,16,17,18). The molecule has 0 radical (unpaired) electrons. The van der Waals surface area contributed by atoms with E-state index in [4.69, 9.17) is 0 Å². The second-order valence-electron chi connectivity index (χ2n) is 4.81. The van der Waals surface area contributed by atoms with Crippen molar-refractivity contribution in [3.8, 4) is 0 Å². The first-order valence-electron chi connectivity index (χ1n) is 5.97. The first kappa shape index (κ1) is 11.0. The van der Waals surface area contributed by atoms with E-state index in [0.29, 0.717) is 11.0 Å². The predicted molar refractivity (Wildman–Crippen MR) is 74.1 cm³/mol. The highest BCUT2D eigenvalue weighted by Crippen LogP contribution is 2.17. The summed E-state index contributed by atoms with van der Waals surface area (Å²) in [4.78, 5) is 20.2. The van der Waals surface area contributed by atoms with Crippen molar-refractivity contribution in [1.29, 1.82) is 0 Å². The van der Waals surface area contributed by atoms with Crippen LogP contribution in [-0.2, 0) is 0 Å². The molecule has 3 heteroatoms. The minimum Gasteiger partial charge on any atom is -0.339 e. The lowest BCUT2D eigenvalue weighted by atomic mass is 10.1.